The van der Waals surface area contributed by atoms with Crippen LogP contribution < -0.4 is 10.9 Å². The number of benzene rings is 2. The molecular weight excluding hydrogens is 384 g/mol. The van der Waals surface area contributed by atoms with Crippen molar-refractivity contribution >= 4 is 33.8 Å². The van der Waals surface area contributed by atoms with Gasteiger partial charge < -0.3 is 5.32 Å². The molecule has 0 aliphatic carbocycles. The topological polar surface area (TPSA) is 76.9 Å². The minimum atomic E-state index is -0.126. The molecule has 0 fully saturated rings. The van der Waals surface area contributed by atoms with E-state index in [1.807, 2.05) is 54.8 Å². The monoisotopic (exact) mass is 404 g/mol. The molecule has 0 unspecified atom stereocenters. The molecule has 7 heteroatoms. The molecule has 0 atom stereocenters. The van der Waals surface area contributed by atoms with Gasteiger partial charge in [0.15, 0.2) is 0 Å². The first-order valence-electron chi connectivity index (χ1n) is 9.28. The number of thiazole rings is 1. The summed E-state index contributed by atoms with van der Waals surface area (Å²) in [6.07, 6.45) is 0.617. The van der Waals surface area contributed by atoms with E-state index in [1.165, 1.54) is 4.57 Å². The second kappa shape index (κ2) is 7.97. The number of nitrogens with one attached hydrogen (secondary N) is 1. The van der Waals surface area contributed by atoms with Gasteiger partial charge in [0.25, 0.3) is 5.56 Å². The Kier molecular flexibility index (Phi) is 5.22. The van der Waals surface area contributed by atoms with E-state index in [4.69, 9.17) is 0 Å². The predicted octanol–water partition coefficient (Wildman–Crippen LogP) is 3.94. The number of aryl methyl sites for hydroxylation is 2. The molecule has 0 saturated heterocycles. The molecule has 29 heavy (non-hydrogen) atoms. The first-order chi connectivity index (χ1) is 14.0. The largest absolute Gasteiger partial charge is 0.326 e. The number of rotatable bonds is 5. The zero-order valence-electron chi connectivity index (χ0n) is 16.2. The van der Waals surface area contributed by atoms with Gasteiger partial charge in [0.05, 0.1) is 21.6 Å². The minimum Gasteiger partial charge on any atom is -0.326 e. The third-order valence-corrected chi connectivity index (χ3v) is 5.49. The van der Waals surface area contributed by atoms with E-state index >= 15 is 0 Å². The van der Waals surface area contributed by atoms with E-state index in [9.17, 15) is 9.59 Å². The molecule has 0 radical (unpaired) electrons. The van der Waals surface area contributed by atoms with Crippen LogP contribution in [0.3, 0.4) is 0 Å². The van der Waals surface area contributed by atoms with Gasteiger partial charge in [-0.3, -0.25) is 14.2 Å². The van der Waals surface area contributed by atoms with Gasteiger partial charge in [0.1, 0.15) is 5.82 Å². The average molecular weight is 404 g/mol. The number of carbonyl (C=O) groups is 1. The van der Waals surface area contributed by atoms with Gasteiger partial charge in [-0.25, -0.2) is 9.97 Å². The highest BCUT2D eigenvalue weighted by Gasteiger charge is 2.11. The van der Waals surface area contributed by atoms with Crippen molar-refractivity contribution in [1.29, 1.82) is 0 Å². The number of hydrogen-bond acceptors (Lipinski definition) is 5. The van der Waals surface area contributed by atoms with Crippen LogP contribution in [0.4, 0.5) is 5.69 Å². The van der Waals surface area contributed by atoms with E-state index in [0.717, 1.165) is 22.0 Å². The van der Waals surface area contributed by atoms with E-state index in [0.29, 0.717) is 23.1 Å². The van der Waals surface area contributed by atoms with E-state index < -0.39 is 0 Å². The van der Waals surface area contributed by atoms with Gasteiger partial charge in [0.2, 0.25) is 5.91 Å². The molecular formula is C22H20N4O2S. The zero-order chi connectivity index (χ0) is 20.4. The fourth-order valence-electron chi connectivity index (χ4n) is 3.19. The maximum atomic E-state index is 12.5. The van der Waals surface area contributed by atoms with Crippen LogP contribution in [0.2, 0.25) is 0 Å². The van der Waals surface area contributed by atoms with Crippen molar-refractivity contribution < 1.29 is 4.79 Å². The summed E-state index contributed by atoms with van der Waals surface area (Å²) in [5, 5.41) is 6.51. The fourth-order valence-corrected chi connectivity index (χ4v) is 3.81. The smallest absolute Gasteiger partial charge is 0.261 e. The van der Waals surface area contributed by atoms with Gasteiger partial charge in [-0.2, -0.15) is 0 Å². The van der Waals surface area contributed by atoms with E-state index in [2.05, 4.69) is 15.3 Å². The highest BCUT2D eigenvalue weighted by molar-refractivity contribution is 7.09. The molecule has 1 N–H and O–H groups in total. The molecule has 0 spiro atoms. The Morgan fingerprint density at radius 2 is 1.97 bits per heavy atom. The molecule has 2 heterocycles. The van der Waals surface area contributed by atoms with Crippen LogP contribution in [0.1, 0.15) is 17.3 Å². The molecule has 6 nitrogen and oxygen atoms in total. The lowest BCUT2D eigenvalue weighted by Crippen LogP contribution is -2.23. The zero-order valence-corrected chi connectivity index (χ0v) is 17.0. The van der Waals surface area contributed by atoms with Crippen LogP contribution in [-0.4, -0.2) is 20.4 Å². The van der Waals surface area contributed by atoms with Crippen molar-refractivity contribution in [3.05, 3.63) is 75.1 Å². The lowest BCUT2D eigenvalue weighted by molar-refractivity contribution is -0.116. The molecule has 1 amide bonds. The van der Waals surface area contributed by atoms with Crippen LogP contribution in [0.15, 0.2) is 58.7 Å². The Morgan fingerprint density at radius 1 is 1.14 bits per heavy atom. The van der Waals surface area contributed by atoms with E-state index in [-0.39, 0.29) is 17.9 Å². The molecule has 146 valence electrons. The molecule has 4 aromatic rings. The van der Waals surface area contributed by atoms with Crippen LogP contribution >= 0.6 is 11.3 Å². The highest BCUT2D eigenvalue weighted by atomic mass is 32.1. The minimum absolute atomic E-state index is 0.0998. The van der Waals surface area contributed by atoms with Gasteiger partial charge in [-0.1, -0.05) is 24.3 Å². The SMILES string of the molecule is Cc1nc(-c2cccc(NC(=O)CCc3nc4ccccc4c(=O)n3C)c2)cs1. The van der Waals surface area contributed by atoms with Crippen LogP contribution in [0.5, 0.6) is 0 Å². The number of hydrogen-bond donors (Lipinski definition) is 1. The Hall–Kier alpha value is -3.32. The number of para-hydroxylation sites is 1. The van der Waals surface area contributed by atoms with Crippen molar-refractivity contribution in [2.24, 2.45) is 7.05 Å². The Bertz CT molecular complexity index is 1260. The second-order valence-electron chi connectivity index (χ2n) is 6.79. The Morgan fingerprint density at radius 3 is 2.76 bits per heavy atom. The van der Waals surface area contributed by atoms with Crippen molar-refractivity contribution in [2.75, 3.05) is 5.32 Å². The van der Waals surface area contributed by atoms with E-state index in [1.54, 1.807) is 24.5 Å². The van der Waals surface area contributed by atoms with Crippen LogP contribution in [0.25, 0.3) is 22.2 Å². The summed E-state index contributed by atoms with van der Waals surface area (Å²) < 4.78 is 1.51. The summed E-state index contributed by atoms with van der Waals surface area (Å²) in [5.41, 5.74) is 3.14. The molecule has 2 aromatic carbocycles. The summed E-state index contributed by atoms with van der Waals surface area (Å²) in [6, 6.07) is 14.9. The maximum Gasteiger partial charge on any atom is 0.261 e. The number of anilines is 1. The maximum absolute atomic E-state index is 12.5. The summed E-state index contributed by atoms with van der Waals surface area (Å²) >= 11 is 1.59. The van der Waals surface area contributed by atoms with Gasteiger partial charge in [0, 0.05) is 36.5 Å². The highest BCUT2D eigenvalue weighted by Crippen LogP contribution is 2.24. The first-order valence-corrected chi connectivity index (χ1v) is 10.2. The Labute approximate surface area is 171 Å². The molecule has 0 saturated carbocycles. The molecule has 0 aliphatic rings. The standard InChI is InChI=1S/C22H20N4O2S/c1-14-23-19(13-29-14)15-6-5-7-16(12-15)24-21(27)11-10-20-25-18-9-4-3-8-17(18)22(28)26(20)2/h3-9,12-13H,10-11H2,1-2H3,(H,24,27). The lowest BCUT2D eigenvalue weighted by atomic mass is 10.1. The quantitative estimate of drug-likeness (QED) is 0.547. The number of nitrogens with zero attached hydrogens (tertiary/aromatic N) is 3. The number of fused-ring (bicyclic) bond motifs is 1. The normalized spacial score (nSPS) is 11.0. The molecule has 0 bridgehead atoms. The van der Waals surface area contributed by atoms with Gasteiger partial charge >= 0.3 is 0 Å². The van der Waals surface area contributed by atoms with Crippen molar-refractivity contribution in [3.8, 4) is 11.3 Å². The van der Waals surface area contributed by atoms with Crippen LogP contribution in [-0.2, 0) is 18.3 Å². The van der Waals surface area contributed by atoms with Crippen molar-refractivity contribution in [3.63, 3.8) is 0 Å². The average Bonchev–Trinajstić information content (AvgIpc) is 3.16. The Balaban J connectivity index is 1.47. The summed E-state index contributed by atoms with van der Waals surface area (Å²) in [6.45, 7) is 1.97. The van der Waals surface area contributed by atoms with Crippen molar-refractivity contribution in [1.82, 2.24) is 14.5 Å². The van der Waals surface area contributed by atoms with Gasteiger partial charge in [-0.15, -0.1) is 11.3 Å². The number of carbonyl (C=O) groups excluding carboxylic acids is 1. The van der Waals surface area contributed by atoms with Crippen molar-refractivity contribution in [2.45, 2.75) is 19.8 Å². The first kappa shape index (κ1) is 19.0. The molecule has 4 rings (SSSR count). The predicted molar refractivity (Wildman–Crippen MR) is 116 cm³/mol. The summed E-state index contributed by atoms with van der Waals surface area (Å²) in [4.78, 5) is 34.0. The fraction of sp³-hybridized carbons (Fsp3) is 0.182. The third kappa shape index (κ3) is 4.09. The number of amides is 1. The second-order valence-corrected chi connectivity index (χ2v) is 7.85. The third-order valence-electron chi connectivity index (χ3n) is 4.71. The summed E-state index contributed by atoms with van der Waals surface area (Å²) in [5.74, 6) is 0.467. The molecule has 0 aliphatic heterocycles. The summed E-state index contributed by atoms with van der Waals surface area (Å²) in [7, 11) is 1.69. The lowest BCUT2D eigenvalue weighted by Gasteiger charge is -2.10. The van der Waals surface area contributed by atoms with Gasteiger partial charge in [-0.05, 0) is 31.2 Å². The number of aromatic nitrogens is 3. The molecule has 2 aromatic heterocycles. The van der Waals surface area contributed by atoms with Crippen LogP contribution in [0, 0.1) is 6.92 Å².